The maximum absolute atomic E-state index is 6.41. The molecule has 0 bridgehead atoms. The number of rotatable bonds is 6. The summed E-state index contributed by atoms with van der Waals surface area (Å²) in [5.74, 6) is 0.843. The maximum Gasteiger partial charge on any atom is 0.138 e. The van der Waals surface area contributed by atoms with E-state index in [1.807, 2.05) is 12.1 Å². The average molecular weight is 310 g/mol. The highest BCUT2D eigenvalue weighted by molar-refractivity contribution is 6.32. The van der Waals surface area contributed by atoms with Crippen LogP contribution in [0.25, 0.3) is 0 Å². The molecule has 2 rings (SSSR count). The van der Waals surface area contributed by atoms with Crippen molar-refractivity contribution in [1.29, 1.82) is 0 Å². The second kappa shape index (κ2) is 8.65. The highest BCUT2D eigenvalue weighted by atomic mass is 35.5. The molecule has 0 amide bonds. The van der Waals surface area contributed by atoms with Gasteiger partial charge in [0, 0.05) is 6.04 Å². The zero-order valence-electron chi connectivity index (χ0n) is 13.3. The standard InChI is InChI=1S/C18H28ClNO/c1-3-12-20-14(2)15-10-11-18(17(19)13-15)21-16-8-6-4-5-7-9-16/h10-11,13-14,16,20H,3-9,12H2,1-2H3. The smallest absolute Gasteiger partial charge is 0.138 e. The van der Waals surface area contributed by atoms with Crippen molar-refractivity contribution in [2.75, 3.05) is 6.54 Å². The summed E-state index contributed by atoms with van der Waals surface area (Å²) in [6.45, 7) is 5.38. The summed E-state index contributed by atoms with van der Waals surface area (Å²) in [5, 5.41) is 4.22. The lowest BCUT2D eigenvalue weighted by Gasteiger charge is -2.19. The number of halogens is 1. The molecule has 0 aliphatic heterocycles. The Balaban J connectivity index is 1.97. The van der Waals surface area contributed by atoms with Gasteiger partial charge in [0.2, 0.25) is 0 Å². The fraction of sp³-hybridized carbons (Fsp3) is 0.667. The summed E-state index contributed by atoms with van der Waals surface area (Å²) in [6, 6.07) is 6.54. The predicted molar refractivity (Wildman–Crippen MR) is 90.3 cm³/mol. The van der Waals surface area contributed by atoms with Crippen LogP contribution in [0.1, 0.15) is 70.4 Å². The quantitative estimate of drug-likeness (QED) is 0.700. The first-order valence-corrected chi connectivity index (χ1v) is 8.78. The number of hydrogen-bond acceptors (Lipinski definition) is 2. The molecule has 118 valence electrons. The van der Waals surface area contributed by atoms with Gasteiger partial charge in [-0.25, -0.2) is 0 Å². The van der Waals surface area contributed by atoms with Crippen LogP contribution >= 0.6 is 11.6 Å². The van der Waals surface area contributed by atoms with E-state index in [4.69, 9.17) is 16.3 Å². The zero-order valence-corrected chi connectivity index (χ0v) is 14.1. The summed E-state index contributed by atoms with van der Waals surface area (Å²) in [7, 11) is 0. The van der Waals surface area contributed by atoms with Crippen LogP contribution in [-0.2, 0) is 0 Å². The molecule has 0 spiro atoms. The van der Waals surface area contributed by atoms with Crippen molar-refractivity contribution < 1.29 is 4.74 Å². The minimum Gasteiger partial charge on any atom is -0.489 e. The monoisotopic (exact) mass is 309 g/mol. The summed E-state index contributed by atoms with van der Waals surface area (Å²) in [6.07, 6.45) is 9.03. The molecule has 1 aromatic rings. The molecule has 1 aromatic carbocycles. The van der Waals surface area contributed by atoms with E-state index in [-0.39, 0.29) is 0 Å². The summed E-state index contributed by atoms with van der Waals surface area (Å²) < 4.78 is 6.13. The molecule has 1 N–H and O–H groups in total. The lowest BCUT2D eigenvalue weighted by molar-refractivity contribution is 0.184. The third-order valence-corrected chi connectivity index (χ3v) is 4.55. The van der Waals surface area contributed by atoms with Crippen LogP contribution in [0.2, 0.25) is 5.02 Å². The SMILES string of the molecule is CCCNC(C)c1ccc(OC2CCCCCC2)c(Cl)c1. The second-order valence-electron chi connectivity index (χ2n) is 6.10. The van der Waals surface area contributed by atoms with Crippen LogP contribution in [0, 0.1) is 0 Å². The molecule has 1 saturated carbocycles. The summed E-state index contributed by atoms with van der Waals surface area (Å²) in [5.41, 5.74) is 1.22. The van der Waals surface area contributed by atoms with Crippen LogP contribution in [0.4, 0.5) is 0 Å². The Kier molecular flexibility index (Phi) is 6.85. The molecule has 1 unspecified atom stereocenters. The molecule has 0 saturated heterocycles. The minimum absolute atomic E-state index is 0.328. The van der Waals surface area contributed by atoms with Gasteiger partial charge >= 0.3 is 0 Å². The molecule has 21 heavy (non-hydrogen) atoms. The number of benzene rings is 1. The van der Waals surface area contributed by atoms with E-state index in [0.29, 0.717) is 12.1 Å². The fourth-order valence-electron chi connectivity index (χ4n) is 2.90. The van der Waals surface area contributed by atoms with Gasteiger partial charge in [-0.2, -0.15) is 0 Å². The van der Waals surface area contributed by atoms with Gasteiger partial charge in [0.05, 0.1) is 11.1 Å². The van der Waals surface area contributed by atoms with Gasteiger partial charge in [-0.3, -0.25) is 0 Å². The molecule has 1 aliphatic rings. The van der Waals surface area contributed by atoms with Crippen LogP contribution in [0.5, 0.6) is 5.75 Å². The molecule has 2 nitrogen and oxygen atoms in total. The Morgan fingerprint density at radius 1 is 1.24 bits per heavy atom. The van der Waals surface area contributed by atoms with Crippen molar-refractivity contribution in [3.8, 4) is 5.75 Å². The van der Waals surface area contributed by atoms with Gasteiger partial charge in [-0.05, 0) is 63.3 Å². The Bertz CT molecular complexity index is 427. The van der Waals surface area contributed by atoms with Gasteiger partial charge in [0.1, 0.15) is 5.75 Å². The van der Waals surface area contributed by atoms with Crippen molar-refractivity contribution in [3.05, 3.63) is 28.8 Å². The molecule has 0 heterocycles. The first-order chi connectivity index (χ1) is 10.2. The van der Waals surface area contributed by atoms with Gasteiger partial charge in [-0.15, -0.1) is 0 Å². The van der Waals surface area contributed by atoms with E-state index in [9.17, 15) is 0 Å². The van der Waals surface area contributed by atoms with E-state index >= 15 is 0 Å². The van der Waals surface area contributed by atoms with Crippen LogP contribution in [0.3, 0.4) is 0 Å². The lowest BCUT2D eigenvalue weighted by Crippen LogP contribution is -2.19. The first kappa shape index (κ1) is 16.6. The van der Waals surface area contributed by atoms with E-state index in [1.165, 1.54) is 31.2 Å². The van der Waals surface area contributed by atoms with Crippen LogP contribution in [-0.4, -0.2) is 12.6 Å². The Morgan fingerprint density at radius 2 is 1.95 bits per heavy atom. The normalized spacial score (nSPS) is 18.2. The molecule has 3 heteroatoms. The van der Waals surface area contributed by atoms with Gasteiger partial charge < -0.3 is 10.1 Å². The highest BCUT2D eigenvalue weighted by Gasteiger charge is 2.16. The molecule has 0 radical (unpaired) electrons. The Morgan fingerprint density at radius 3 is 2.57 bits per heavy atom. The number of nitrogens with one attached hydrogen (secondary N) is 1. The van der Waals surface area contributed by atoms with E-state index < -0.39 is 0 Å². The Hall–Kier alpha value is -0.730. The van der Waals surface area contributed by atoms with Crippen molar-refractivity contribution in [2.45, 2.75) is 70.9 Å². The lowest BCUT2D eigenvalue weighted by atomic mass is 10.1. The molecule has 1 aliphatic carbocycles. The van der Waals surface area contributed by atoms with E-state index in [1.54, 1.807) is 0 Å². The number of hydrogen-bond donors (Lipinski definition) is 1. The summed E-state index contributed by atoms with van der Waals surface area (Å²) in [4.78, 5) is 0. The van der Waals surface area contributed by atoms with Crippen molar-refractivity contribution in [3.63, 3.8) is 0 Å². The van der Waals surface area contributed by atoms with Crippen LogP contribution < -0.4 is 10.1 Å². The molecular weight excluding hydrogens is 282 g/mol. The van der Waals surface area contributed by atoms with Crippen LogP contribution in [0.15, 0.2) is 18.2 Å². The average Bonchev–Trinajstić information content (AvgIpc) is 2.75. The van der Waals surface area contributed by atoms with Gasteiger partial charge in [0.15, 0.2) is 0 Å². The molecule has 0 aromatic heterocycles. The highest BCUT2D eigenvalue weighted by Crippen LogP contribution is 2.31. The molecule has 1 atom stereocenters. The van der Waals surface area contributed by atoms with E-state index in [0.717, 1.165) is 36.6 Å². The first-order valence-electron chi connectivity index (χ1n) is 8.40. The van der Waals surface area contributed by atoms with Crippen molar-refractivity contribution >= 4 is 11.6 Å². The number of ether oxygens (including phenoxy) is 1. The topological polar surface area (TPSA) is 21.3 Å². The summed E-state index contributed by atoms with van der Waals surface area (Å²) >= 11 is 6.41. The maximum atomic E-state index is 6.41. The van der Waals surface area contributed by atoms with Crippen molar-refractivity contribution in [2.24, 2.45) is 0 Å². The third-order valence-electron chi connectivity index (χ3n) is 4.25. The minimum atomic E-state index is 0.328. The Labute approximate surface area is 134 Å². The van der Waals surface area contributed by atoms with Gasteiger partial charge in [0.25, 0.3) is 0 Å². The van der Waals surface area contributed by atoms with Gasteiger partial charge in [-0.1, -0.05) is 37.4 Å². The third kappa shape index (κ3) is 5.19. The molecular formula is C18H28ClNO. The predicted octanol–water partition coefficient (Wildman–Crippen LogP) is 5.50. The zero-order chi connectivity index (χ0) is 15.1. The largest absolute Gasteiger partial charge is 0.489 e. The van der Waals surface area contributed by atoms with Crippen molar-refractivity contribution in [1.82, 2.24) is 5.32 Å². The second-order valence-corrected chi connectivity index (χ2v) is 6.50. The molecule has 1 fully saturated rings. The van der Waals surface area contributed by atoms with E-state index in [2.05, 4.69) is 25.2 Å². The fourth-order valence-corrected chi connectivity index (χ4v) is 3.13.